The van der Waals surface area contributed by atoms with Gasteiger partial charge in [0.15, 0.2) is 0 Å². The molecule has 1 aromatic carbocycles. The van der Waals surface area contributed by atoms with Crippen LogP contribution in [0.5, 0.6) is 5.75 Å². The lowest BCUT2D eigenvalue weighted by Gasteiger charge is -2.11. The summed E-state index contributed by atoms with van der Waals surface area (Å²) in [5.74, 6) is 0.0874. The number of ether oxygens (including phenoxy) is 1. The summed E-state index contributed by atoms with van der Waals surface area (Å²) in [4.78, 5) is 12.4. The van der Waals surface area contributed by atoms with E-state index in [0.717, 1.165) is 18.0 Å². The molecule has 0 radical (unpaired) electrons. The zero-order chi connectivity index (χ0) is 14.1. The predicted octanol–water partition coefficient (Wildman–Crippen LogP) is 1.90. The van der Waals surface area contributed by atoms with Gasteiger partial charge in [0, 0.05) is 25.2 Å². The number of anilines is 1. The van der Waals surface area contributed by atoms with Crippen molar-refractivity contribution in [1.29, 1.82) is 0 Å². The first-order valence-corrected chi connectivity index (χ1v) is 6.41. The molecule has 0 unspecified atom stereocenters. The van der Waals surface area contributed by atoms with Gasteiger partial charge in [0.05, 0.1) is 0 Å². The number of hydrogen-bond donors (Lipinski definition) is 2. The molecule has 2 N–H and O–H groups in total. The Morgan fingerprint density at radius 1 is 1.32 bits per heavy atom. The first-order chi connectivity index (χ1) is 9.08. The van der Waals surface area contributed by atoms with Crippen molar-refractivity contribution < 1.29 is 14.6 Å². The number of carboxylic acid groups (broad SMARTS) is 1. The van der Waals surface area contributed by atoms with Crippen molar-refractivity contribution in [2.24, 2.45) is 0 Å². The topological polar surface area (TPSA) is 61.8 Å². The number of benzene rings is 1. The fourth-order valence-corrected chi connectivity index (χ4v) is 1.49. The van der Waals surface area contributed by atoms with Crippen LogP contribution in [0.4, 0.5) is 5.69 Å². The van der Waals surface area contributed by atoms with Gasteiger partial charge in [-0.2, -0.15) is 0 Å². The van der Waals surface area contributed by atoms with Crippen LogP contribution in [-0.2, 0) is 4.79 Å². The van der Waals surface area contributed by atoms with E-state index < -0.39 is 5.97 Å². The maximum absolute atomic E-state index is 10.4. The van der Waals surface area contributed by atoms with Gasteiger partial charge >= 0.3 is 5.97 Å². The minimum atomic E-state index is -0.758. The molecule has 0 fully saturated rings. The van der Waals surface area contributed by atoms with Crippen molar-refractivity contribution >= 4 is 11.7 Å². The van der Waals surface area contributed by atoms with E-state index >= 15 is 0 Å². The SMILES string of the molecule is CN(C)CCOc1ccc(NCCCC(=O)O)cc1. The molecule has 0 saturated heterocycles. The van der Waals surface area contributed by atoms with E-state index in [2.05, 4.69) is 10.2 Å². The molecular formula is C14H22N2O3. The van der Waals surface area contributed by atoms with E-state index in [0.29, 0.717) is 19.6 Å². The van der Waals surface area contributed by atoms with Gasteiger partial charge in [-0.15, -0.1) is 0 Å². The number of carboxylic acids is 1. The monoisotopic (exact) mass is 266 g/mol. The van der Waals surface area contributed by atoms with Crippen LogP contribution in [0.15, 0.2) is 24.3 Å². The largest absolute Gasteiger partial charge is 0.492 e. The van der Waals surface area contributed by atoms with Gasteiger partial charge in [-0.25, -0.2) is 0 Å². The maximum Gasteiger partial charge on any atom is 0.303 e. The van der Waals surface area contributed by atoms with Gasteiger partial charge in [0.2, 0.25) is 0 Å². The lowest BCUT2D eigenvalue weighted by Crippen LogP contribution is -2.19. The molecule has 5 heteroatoms. The summed E-state index contributed by atoms with van der Waals surface area (Å²) in [5.41, 5.74) is 0.977. The average Bonchev–Trinajstić information content (AvgIpc) is 2.36. The Morgan fingerprint density at radius 3 is 2.58 bits per heavy atom. The minimum Gasteiger partial charge on any atom is -0.492 e. The van der Waals surface area contributed by atoms with Crippen LogP contribution < -0.4 is 10.1 Å². The van der Waals surface area contributed by atoms with Crippen LogP contribution in [0.1, 0.15) is 12.8 Å². The number of nitrogens with zero attached hydrogens (tertiary/aromatic N) is 1. The highest BCUT2D eigenvalue weighted by Crippen LogP contribution is 2.15. The number of aliphatic carboxylic acids is 1. The summed E-state index contributed by atoms with van der Waals surface area (Å²) in [7, 11) is 4.01. The van der Waals surface area contributed by atoms with Crippen molar-refractivity contribution in [2.75, 3.05) is 39.1 Å². The van der Waals surface area contributed by atoms with Gasteiger partial charge in [0.25, 0.3) is 0 Å². The smallest absolute Gasteiger partial charge is 0.303 e. The zero-order valence-corrected chi connectivity index (χ0v) is 11.6. The van der Waals surface area contributed by atoms with Crippen molar-refractivity contribution in [3.05, 3.63) is 24.3 Å². The van der Waals surface area contributed by atoms with Gasteiger partial charge in [-0.3, -0.25) is 4.79 Å². The Kier molecular flexibility index (Phi) is 6.74. The average molecular weight is 266 g/mol. The Bertz CT molecular complexity index is 377. The van der Waals surface area contributed by atoms with Crippen LogP contribution in [0.3, 0.4) is 0 Å². The van der Waals surface area contributed by atoms with Gasteiger partial charge in [-0.1, -0.05) is 0 Å². The Hall–Kier alpha value is -1.75. The summed E-state index contributed by atoms with van der Waals surface area (Å²) in [6.45, 7) is 2.21. The summed E-state index contributed by atoms with van der Waals surface area (Å²) in [5, 5.41) is 11.7. The van der Waals surface area contributed by atoms with E-state index in [1.165, 1.54) is 0 Å². The summed E-state index contributed by atoms with van der Waals surface area (Å²) in [6, 6.07) is 7.70. The molecule has 0 spiro atoms. The molecular weight excluding hydrogens is 244 g/mol. The highest BCUT2D eigenvalue weighted by Gasteiger charge is 1.98. The van der Waals surface area contributed by atoms with E-state index in [9.17, 15) is 4.79 Å². The van der Waals surface area contributed by atoms with Crippen LogP contribution in [0, 0.1) is 0 Å². The van der Waals surface area contributed by atoms with Gasteiger partial charge in [0.1, 0.15) is 12.4 Å². The number of nitrogens with one attached hydrogen (secondary N) is 1. The first-order valence-electron chi connectivity index (χ1n) is 6.41. The van der Waals surface area contributed by atoms with E-state index in [1.807, 2.05) is 38.4 Å². The molecule has 0 bridgehead atoms. The molecule has 1 rings (SSSR count). The van der Waals surface area contributed by atoms with Crippen LogP contribution in [0.25, 0.3) is 0 Å². The zero-order valence-electron chi connectivity index (χ0n) is 11.6. The molecule has 1 aromatic rings. The van der Waals surface area contributed by atoms with Crippen molar-refractivity contribution in [3.63, 3.8) is 0 Å². The van der Waals surface area contributed by atoms with Gasteiger partial charge < -0.3 is 20.1 Å². The second-order valence-electron chi connectivity index (χ2n) is 4.60. The number of rotatable bonds is 9. The quantitative estimate of drug-likeness (QED) is 0.668. The minimum absolute atomic E-state index is 0.193. The highest BCUT2D eigenvalue weighted by atomic mass is 16.5. The van der Waals surface area contributed by atoms with Crippen molar-refractivity contribution in [3.8, 4) is 5.75 Å². The molecule has 0 aromatic heterocycles. The maximum atomic E-state index is 10.4. The van der Waals surface area contributed by atoms with Crippen molar-refractivity contribution in [2.45, 2.75) is 12.8 Å². The van der Waals surface area contributed by atoms with Crippen LogP contribution in [0.2, 0.25) is 0 Å². The predicted molar refractivity (Wildman–Crippen MR) is 75.9 cm³/mol. The molecule has 0 amide bonds. The second-order valence-corrected chi connectivity index (χ2v) is 4.60. The van der Waals surface area contributed by atoms with Crippen molar-refractivity contribution in [1.82, 2.24) is 4.90 Å². The van der Waals surface area contributed by atoms with E-state index in [-0.39, 0.29) is 6.42 Å². The number of carbonyl (C=O) groups is 1. The molecule has 0 saturated carbocycles. The standard InChI is InChI=1S/C14H22N2O3/c1-16(2)10-11-19-13-7-5-12(6-8-13)15-9-3-4-14(17)18/h5-8,15H,3-4,9-11H2,1-2H3,(H,17,18). The van der Waals surface area contributed by atoms with Gasteiger partial charge in [-0.05, 0) is 44.8 Å². The molecule has 0 atom stereocenters. The third-order valence-electron chi connectivity index (χ3n) is 2.56. The molecule has 5 nitrogen and oxygen atoms in total. The Balaban J connectivity index is 2.25. The highest BCUT2D eigenvalue weighted by molar-refractivity contribution is 5.66. The number of likely N-dealkylation sites (N-methyl/N-ethyl adjacent to an activating group) is 1. The third kappa shape index (κ3) is 7.31. The lowest BCUT2D eigenvalue weighted by molar-refractivity contribution is -0.137. The Morgan fingerprint density at radius 2 is 2.00 bits per heavy atom. The fourth-order valence-electron chi connectivity index (χ4n) is 1.49. The molecule has 0 heterocycles. The molecule has 0 aliphatic heterocycles. The Labute approximate surface area is 114 Å². The summed E-state index contributed by atoms with van der Waals surface area (Å²) in [6.07, 6.45) is 0.815. The molecule has 106 valence electrons. The van der Waals surface area contributed by atoms with E-state index in [4.69, 9.17) is 9.84 Å². The fraction of sp³-hybridized carbons (Fsp3) is 0.500. The van der Waals surface area contributed by atoms with Crippen LogP contribution >= 0.6 is 0 Å². The molecule has 19 heavy (non-hydrogen) atoms. The number of hydrogen-bond acceptors (Lipinski definition) is 4. The first kappa shape index (κ1) is 15.3. The lowest BCUT2D eigenvalue weighted by atomic mass is 10.2. The normalized spacial score (nSPS) is 10.5. The van der Waals surface area contributed by atoms with E-state index in [1.54, 1.807) is 0 Å². The third-order valence-corrected chi connectivity index (χ3v) is 2.56. The summed E-state index contributed by atoms with van der Waals surface area (Å²) >= 11 is 0. The molecule has 0 aliphatic rings. The molecule has 0 aliphatic carbocycles. The summed E-state index contributed by atoms with van der Waals surface area (Å²) < 4.78 is 5.58. The van der Waals surface area contributed by atoms with Crippen LogP contribution in [-0.4, -0.2) is 49.8 Å². The second kappa shape index (κ2) is 8.37.